The Balaban J connectivity index is 2.03. The van der Waals surface area contributed by atoms with Gasteiger partial charge in [0.1, 0.15) is 11.8 Å². The number of hydrogen-bond acceptors (Lipinski definition) is 3. The Morgan fingerprint density at radius 1 is 1.00 bits per heavy atom. The number of anilines is 1. The number of amides is 3. The number of nitrogens with one attached hydrogen (secondary N) is 3. The fourth-order valence-electron chi connectivity index (χ4n) is 2.84. The molecular formula is C22H29N3O3. The molecule has 0 aliphatic rings. The van der Waals surface area contributed by atoms with Crippen molar-refractivity contribution in [1.29, 1.82) is 0 Å². The predicted molar refractivity (Wildman–Crippen MR) is 111 cm³/mol. The summed E-state index contributed by atoms with van der Waals surface area (Å²) in [5.41, 5.74) is 1.61. The first-order valence-electron chi connectivity index (χ1n) is 9.51. The number of hydrogen-bond donors (Lipinski definition) is 3. The van der Waals surface area contributed by atoms with Crippen molar-refractivity contribution in [2.24, 2.45) is 5.92 Å². The lowest BCUT2D eigenvalue weighted by Gasteiger charge is -2.25. The molecule has 3 amide bonds. The van der Waals surface area contributed by atoms with Crippen molar-refractivity contribution in [3.63, 3.8) is 0 Å². The van der Waals surface area contributed by atoms with E-state index in [0.717, 1.165) is 12.0 Å². The van der Waals surface area contributed by atoms with E-state index in [-0.39, 0.29) is 17.9 Å². The topological polar surface area (TPSA) is 79.5 Å². The standard InChI is InChI=1S/C22H29N3O3/c1-5-15(2)20(21(26)23-16(3)17-10-7-6-8-11-17)25-22(27)24-18-12-9-13-19(14-18)28-4/h6-16,20H,5H2,1-4H3,(H,23,26)(H2,24,25,27). The second kappa shape index (κ2) is 10.3. The van der Waals surface area contributed by atoms with Gasteiger partial charge in [-0.25, -0.2) is 4.79 Å². The van der Waals surface area contributed by atoms with Crippen LogP contribution in [-0.4, -0.2) is 25.1 Å². The highest BCUT2D eigenvalue weighted by atomic mass is 16.5. The molecule has 0 aliphatic carbocycles. The number of ether oxygens (including phenoxy) is 1. The van der Waals surface area contributed by atoms with Crippen LogP contribution in [0.1, 0.15) is 38.8 Å². The highest BCUT2D eigenvalue weighted by Crippen LogP contribution is 2.17. The SMILES string of the molecule is CCC(C)C(NC(=O)Nc1cccc(OC)c1)C(=O)NC(C)c1ccccc1. The average molecular weight is 383 g/mol. The molecule has 0 heterocycles. The normalized spacial score (nSPS) is 13.7. The minimum atomic E-state index is -0.637. The van der Waals surface area contributed by atoms with Crippen LogP contribution in [0.3, 0.4) is 0 Å². The van der Waals surface area contributed by atoms with Crippen LogP contribution in [0.15, 0.2) is 54.6 Å². The van der Waals surface area contributed by atoms with Crippen LogP contribution in [0.2, 0.25) is 0 Å². The summed E-state index contributed by atoms with van der Waals surface area (Å²) >= 11 is 0. The van der Waals surface area contributed by atoms with E-state index in [4.69, 9.17) is 4.74 Å². The van der Waals surface area contributed by atoms with Gasteiger partial charge in [0.15, 0.2) is 0 Å². The van der Waals surface area contributed by atoms with E-state index in [2.05, 4.69) is 16.0 Å². The number of benzene rings is 2. The van der Waals surface area contributed by atoms with E-state index in [1.807, 2.05) is 51.1 Å². The molecule has 0 radical (unpaired) electrons. The molecule has 28 heavy (non-hydrogen) atoms. The van der Waals surface area contributed by atoms with E-state index in [0.29, 0.717) is 11.4 Å². The van der Waals surface area contributed by atoms with Gasteiger partial charge in [0.2, 0.25) is 5.91 Å². The zero-order valence-electron chi connectivity index (χ0n) is 16.9. The first-order valence-corrected chi connectivity index (χ1v) is 9.51. The molecule has 0 bridgehead atoms. The largest absolute Gasteiger partial charge is 0.497 e. The van der Waals surface area contributed by atoms with Gasteiger partial charge in [-0.15, -0.1) is 0 Å². The van der Waals surface area contributed by atoms with Crippen LogP contribution in [0, 0.1) is 5.92 Å². The minimum absolute atomic E-state index is 0.0148. The van der Waals surface area contributed by atoms with E-state index < -0.39 is 12.1 Å². The van der Waals surface area contributed by atoms with Crippen molar-refractivity contribution in [1.82, 2.24) is 10.6 Å². The zero-order chi connectivity index (χ0) is 20.5. The maximum Gasteiger partial charge on any atom is 0.319 e. The maximum atomic E-state index is 12.8. The van der Waals surface area contributed by atoms with Crippen molar-refractivity contribution in [2.45, 2.75) is 39.3 Å². The number of rotatable bonds is 8. The van der Waals surface area contributed by atoms with Gasteiger partial charge >= 0.3 is 6.03 Å². The quantitative estimate of drug-likeness (QED) is 0.642. The Bertz CT molecular complexity index is 780. The van der Waals surface area contributed by atoms with Crippen molar-refractivity contribution in [2.75, 3.05) is 12.4 Å². The lowest BCUT2D eigenvalue weighted by molar-refractivity contribution is -0.124. The molecule has 0 spiro atoms. The Morgan fingerprint density at radius 2 is 1.71 bits per heavy atom. The highest BCUT2D eigenvalue weighted by molar-refractivity contribution is 5.94. The van der Waals surface area contributed by atoms with E-state index in [9.17, 15) is 9.59 Å². The summed E-state index contributed by atoms with van der Waals surface area (Å²) in [7, 11) is 1.57. The maximum absolute atomic E-state index is 12.8. The fourth-order valence-corrected chi connectivity index (χ4v) is 2.84. The summed E-state index contributed by atoms with van der Waals surface area (Å²) in [6.07, 6.45) is 0.761. The van der Waals surface area contributed by atoms with Crippen molar-refractivity contribution < 1.29 is 14.3 Å². The predicted octanol–water partition coefficient (Wildman–Crippen LogP) is 4.11. The third kappa shape index (κ3) is 6.01. The first kappa shape index (κ1) is 21.3. The molecule has 0 fully saturated rings. The van der Waals surface area contributed by atoms with E-state index in [1.165, 1.54) is 0 Å². The summed E-state index contributed by atoms with van der Waals surface area (Å²) in [5.74, 6) is 0.427. The molecule has 2 aromatic carbocycles. The van der Waals surface area contributed by atoms with Gasteiger partial charge in [-0.2, -0.15) is 0 Å². The number of urea groups is 1. The van der Waals surface area contributed by atoms with E-state index in [1.54, 1.807) is 31.4 Å². The zero-order valence-corrected chi connectivity index (χ0v) is 16.9. The van der Waals surface area contributed by atoms with Crippen molar-refractivity contribution >= 4 is 17.6 Å². The average Bonchev–Trinajstić information content (AvgIpc) is 2.72. The molecule has 150 valence electrons. The summed E-state index contributed by atoms with van der Waals surface area (Å²) < 4.78 is 5.16. The third-order valence-corrected chi connectivity index (χ3v) is 4.77. The third-order valence-electron chi connectivity index (χ3n) is 4.77. The summed E-state index contributed by atoms with van der Waals surface area (Å²) in [5, 5.41) is 8.56. The van der Waals surface area contributed by atoms with Crippen LogP contribution >= 0.6 is 0 Å². The number of carbonyl (C=O) groups excluding carboxylic acids is 2. The van der Waals surface area contributed by atoms with Crippen LogP contribution < -0.4 is 20.7 Å². The van der Waals surface area contributed by atoms with Gasteiger partial charge in [-0.3, -0.25) is 4.79 Å². The van der Waals surface area contributed by atoms with Crippen LogP contribution in [0.5, 0.6) is 5.75 Å². The number of methoxy groups -OCH3 is 1. The summed E-state index contributed by atoms with van der Waals surface area (Å²) in [6.45, 7) is 5.87. The van der Waals surface area contributed by atoms with Crippen molar-refractivity contribution in [3.8, 4) is 5.75 Å². The van der Waals surface area contributed by atoms with Crippen LogP contribution in [-0.2, 0) is 4.79 Å². The summed E-state index contributed by atoms with van der Waals surface area (Å²) in [6, 6.07) is 15.6. The molecule has 6 heteroatoms. The van der Waals surface area contributed by atoms with Crippen LogP contribution in [0.4, 0.5) is 10.5 Å². The van der Waals surface area contributed by atoms with Gasteiger partial charge in [0.25, 0.3) is 0 Å². The van der Waals surface area contributed by atoms with Gasteiger partial charge < -0.3 is 20.7 Å². The number of carbonyl (C=O) groups is 2. The summed E-state index contributed by atoms with van der Waals surface area (Å²) in [4.78, 5) is 25.3. The second-order valence-corrected chi connectivity index (χ2v) is 6.83. The minimum Gasteiger partial charge on any atom is -0.497 e. The first-order chi connectivity index (χ1) is 13.4. The Labute approximate surface area is 166 Å². The Morgan fingerprint density at radius 3 is 2.36 bits per heavy atom. The lowest BCUT2D eigenvalue weighted by atomic mass is 9.97. The molecule has 3 N–H and O–H groups in total. The molecule has 0 saturated carbocycles. The molecule has 0 saturated heterocycles. The molecule has 0 aliphatic heterocycles. The molecular weight excluding hydrogens is 354 g/mol. The smallest absolute Gasteiger partial charge is 0.319 e. The van der Waals surface area contributed by atoms with Crippen LogP contribution in [0.25, 0.3) is 0 Å². The molecule has 0 aromatic heterocycles. The van der Waals surface area contributed by atoms with Crippen molar-refractivity contribution in [3.05, 3.63) is 60.2 Å². The fraction of sp³-hybridized carbons (Fsp3) is 0.364. The lowest BCUT2D eigenvalue weighted by Crippen LogP contribution is -2.51. The van der Waals surface area contributed by atoms with E-state index >= 15 is 0 Å². The molecule has 3 atom stereocenters. The Hall–Kier alpha value is -3.02. The van der Waals surface area contributed by atoms with Gasteiger partial charge in [0, 0.05) is 11.8 Å². The molecule has 2 rings (SSSR count). The Kier molecular flexibility index (Phi) is 7.87. The molecule has 6 nitrogen and oxygen atoms in total. The monoisotopic (exact) mass is 383 g/mol. The van der Waals surface area contributed by atoms with Gasteiger partial charge in [-0.1, -0.05) is 56.7 Å². The molecule has 2 aromatic rings. The highest BCUT2D eigenvalue weighted by Gasteiger charge is 2.27. The van der Waals surface area contributed by atoms with Gasteiger partial charge in [0.05, 0.1) is 13.2 Å². The molecule has 3 unspecified atom stereocenters. The van der Waals surface area contributed by atoms with Gasteiger partial charge in [-0.05, 0) is 30.5 Å². The second-order valence-electron chi connectivity index (χ2n) is 6.83.